The van der Waals surface area contributed by atoms with Crippen LogP contribution in [0.5, 0.6) is 0 Å². The molecule has 0 bridgehead atoms. The Hall–Kier alpha value is -0.380. The Morgan fingerprint density at radius 3 is 2.45 bits per heavy atom. The Bertz CT molecular complexity index is 398. The van der Waals surface area contributed by atoms with Crippen LogP contribution in [0.2, 0.25) is 0 Å². The van der Waals surface area contributed by atoms with Crippen molar-refractivity contribution in [2.75, 3.05) is 26.7 Å². The molecular weight excluding hydrogens is 312 g/mol. The van der Waals surface area contributed by atoms with Gasteiger partial charge in [-0.15, -0.1) is 0 Å². The monoisotopic (exact) mass is 340 g/mol. The molecule has 0 aliphatic heterocycles. The highest BCUT2D eigenvalue weighted by Crippen LogP contribution is 2.26. The van der Waals surface area contributed by atoms with Crippen LogP contribution >= 0.6 is 15.9 Å². The third kappa shape index (κ3) is 6.38. The fraction of sp³-hybridized carbons (Fsp3) is 0.647. The smallest absolute Gasteiger partial charge is 0.0343 e. The minimum Gasteiger partial charge on any atom is -0.310 e. The van der Waals surface area contributed by atoms with E-state index in [1.165, 1.54) is 10.0 Å². The number of rotatable bonds is 7. The largest absolute Gasteiger partial charge is 0.310 e. The Labute approximate surface area is 133 Å². The number of benzene rings is 1. The van der Waals surface area contributed by atoms with Crippen molar-refractivity contribution in [3.05, 3.63) is 34.3 Å². The third-order valence-corrected chi connectivity index (χ3v) is 4.00. The lowest BCUT2D eigenvalue weighted by Crippen LogP contribution is -2.32. The van der Waals surface area contributed by atoms with Gasteiger partial charge in [-0.1, -0.05) is 61.8 Å². The molecule has 0 spiro atoms. The average Bonchev–Trinajstić information content (AvgIpc) is 2.33. The van der Waals surface area contributed by atoms with Gasteiger partial charge in [-0.05, 0) is 43.6 Å². The van der Waals surface area contributed by atoms with E-state index in [0.717, 1.165) is 26.1 Å². The molecule has 20 heavy (non-hydrogen) atoms. The van der Waals surface area contributed by atoms with E-state index in [0.29, 0.717) is 11.5 Å². The van der Waals surface area contributed by atoms with Crippen molar-refractivity contribution in [2.24, 2.45) is 5.41 Å². The van der Waals surface area contributed by atoms with Crippen molar-refractivity contribution < 1.29 is 0 Å². The first-order chi connectivity index (χ1) is 9.33. The fourth-order valence-electron chi connectivity index (χ4n) is 2.61. The first-order valence-corrected chi connectivity index (χ1v) is 8.29. The summed E-state index contributed by atoms with van der Waals surface area (Å²) in [7, 11) is 2.22. The zero-order valence-corrected chi connectivity index (χ0v) is 15.1. The van der Waals surface area contributed by atoms with Gasteiger partial charge in [0, 0.05) is 17.1 Å². The highest BCUT2D eigenvalue weighted by Gasteiger charge is 2.17. The summed E-state index contributed by atoms with van der Waals surface area (Å²) in [5.74, 6) is 0. The zero-order chi connectivity index (χ0) is 15.2. The van der Waals surface area contributed by atoms with Crippen molar-refractivity contribution in [3.63, 3.8) is 0 Å². The van der Waals surface area contributed by atoms with E-state index >= 15 is 0 Å². The SMILES string of the molecule is CCNC(CCN(C)CC(C)(C)C)c1ccccc1Br. The van der Waals surface area contributed by atoms with Crippen molar-refractivity contribution in [3.8, 4) is 0 Å². The Kier molecular flexibility index (Phi) is 7.21. The summed E-state index contributed by atoms with van der Waals surface area (Å²) < 4.78 is 1.20. The summed E-state index contributed by atoms with van der Waals surface area (Å²) in [4.78, 5) is 2.43. The van der Waals surface area contributed by atoms with Crippen LogP contribution in [0.4, 0.5) is 0 Å². The van der Waals surface area contributed by atoms with E-state index in [2.05, 4.69) is 85.2 Å². The number of hydrogen-bond acceptors (Lipinski definition) is 2. The highest BCUT2D eigenvalue weighted by atomic mass is 79.9. The average molecular weight is 341 g/mol. The van der Waals surface area contributed by atoms with Crippen LogP contribution in [0.15, 0.2) is 28.7 Å². The molecule has 1 atom stereocenters. The van der Waals surface area contributed by atoms with E-state index in [-0.39, 0.29) is 0 Å². The second-order valence-corrected chi connectivity index (χ2v) is 7.57. The minimum atomic E-state index is 0.357. The minimum absolute atomic E-state index is 0.357. The van der Waals surface area contributed by atoms with Crippen molar-refractivity contribution in [1.82, 2.24) is 10.2 Å². The summed E-state index contributed by atoms with van der Waals surface area (Å²) >= 11 is 3.67. The lowest BCUT2D eigenvalue weighted by atomic mass is 9.96. The maximum atomic E-state index is 3.67. The maximum Gasteiger partial charge on any atom is 0.0343 e. The van der Waals surface area contributed by atoms with Gasteiger partial charge in [0.25, 0.3) is 0 Å². The molecule has 0 saturated carbocycles. The van der Waals surface area contributed by atoms with Crippen LogP contribution in [0.25, 0.3) is 0 Å². The second-order valence-electron chi connectivity index (χ2n) is 6.72. The van der Waals surface area contributed by atoms with Crippen LogP contribution in [0.1, 0.15) is 45.7 Å². The molecule has 0 heterocycles. The molecule has 0 amide bonds. The molecule has 0 aliphatic rings. The predicted molar refractivity (Wildman–Crippen MR) is 92.1 cm³/mol. The fourth-order valence-corrected chi connectivity index (χ4v) is 3.17. The number of nitrogens with zero attached hydrogens (tertiary/aromatic N) is 1. The standard InChI is InChI=1S/C17H29BrN2/c1-6-19-16(14-9-7-8-10-15(14)18)11-12-20(5)13-17(2,3)4/h7-10,16,19H,6,11-13H2,1-5H3. The molecule has 1 N–H and O–H groups in total. The molecule has 0 fully saturated rings. The van der Waals surface area contributed by atoms with E-state index in [4.69, 9.17) is 0 Å². The van der Waals surface area contributed by atoms with Crippen LogP contribution < -0.4 is 5.32 Å². The van der Waals surface area contributed by atoms with Gasteiger partial charge >= 0.3 is 0 Å². The predicted octanol–water partition coefficient (Wildman–Crippen LogP) is 4.47. The Morgan fingerprint density at radius 2 is 1.90 bits per heavy atom. The highest BCUT2D eigenvalue weighted by molar-refractivity contribution is 9.10. The topological polar surface area (TPSA) is 15.3 Å². The molecule has 0 radical (unpaired) electrons. The molecule has 0 aliphatic carbocycles. The second kappa shape index (κ2) is 8.16. The molecule has 114 valence electrons. The molecule has 0 saturated heterocycles. The molecular formula is C17H29BrN2. The van der Waals surface area contributed by atoms with Gasteiger partial charge in [0.1, 0.15) is 0 Å². The lowest BCUT2D eigenvalue weighted by Gasteiger charge is -2.28. The van der Waals surface area contributed by atoms with E-state index in [1.54, 1.807) is 0 Å². The van der Waals surface area contributed by atoms with Gasteiger partial charge < -0.3 is 10.2 Å². The van der Waals surface area contributed by atoms with Gasteiger partial charge in [0.15, 0.2) is 0 Å². The van der Waals surface area contributed by atoms with Gasteiger partial charge in [-0.2, -0.15) is 0 Å². The van der Waals surface area contributed by atoms with Crippen LogP contribution in [0.3, 0.4) is 0 Å². The first-order valence-electron chi connectivity index (χ1n) is 7.50. The molecule has 1 aromatic rings. The summed E-state index contributed by atoms with van der Waals surface area (Å²) in [6.07, 6.45) is 1.13. The van der Waals surface area contributed by atoms with Gasteiger partial charge in [-0.25, -0.2) is 0 Å². The van der Waals surface area contributed by atoms with Crippen LogP contribution in [-0.2, 0) is 0 Å². The zero-order valence-electron chi connectivity index (χ0n) is 13.5. The van der Waals surface area contributed by atoms with Crippen molar-refractivity contribution in [1.29, 1.82) is 0 Å². The summed E-state index contributed by atoms with van der Waals surface area (Å²) in [5.41, 5.74) is 1.72. The molecule has 1 rings (SSSR count). The molecule has 2 nitrogen and oxygen atoms in total. The number of halogens is 1. The van der Waals surface area contributed by atoms with Gasteiger partial charge in [0.2, 0.25) is 0 Å². The molecule has 3 heteroatoms. The van der Waals surface area contributed by atoms with Gasteiger partial charge in [-0.3, -0.25) is 0 Å². The van der Waals surface area contributed by atoms with Crippen LogP contribution in [0, 0.1) is 5.41 Å². The normalized spacial score (nSPS) is 13.8. The number of hydrogen-bond donors (Lipinski definition) is 1. The Morgan fingerprint density at radius 1 is 1.25 bits per heavy atom. The lowest BCUT2D eigenvalue weighted by molar-refractivity contribution is 0.217. The van der Waals surface area contributed by atoms with Crippen molar-refractivity contribution in [2.45, 2.75) is 40.2 Å². The Balaban J connectivity index is 2.62. The van der Waals surface area contributed by atoms with E-state index in [1.807, 2.05) is 0 Å². The quantitative estimate of drug-likeness (QED) is 0.787. The first kappa shape index (κ1) is 17.7. The number of nitrogens with one attached hydrogen (secondary N) is 1. The molecule has 0 aromatic heterocycles. The maximum absolute atomic E-state index is 3.67. The molecule has 1 unspecified atom stereocenters. The summed E-state index contributed by atoms with van der Waals surface area (Å²) in [6.45, 7) is 12.3. The summed E-state index contributed by atoms with van der Waals surface area (Å²) in [6, 6.07) is 8.93. The van der Waals surface area contributed by atoms with E-state index < -0.39 is 0 Å². The molecule has 1 aromatic carbocycles. The van der Waals surface area contributed by atoms with Crippen molar-refractivity contribution >= 4 is 15.9 Å². The van der Waals surface area contributed by atoms with E-state index in [9.17, 15) is 0 Å². The van der Waals surface area contributed by atoms with Crippen LogP contribution in [-0.4, -0.2) is 31.6 Å². The van der Waals surface area contributed by atoms with Gasteiger partial charge in [0.05, 0.1) is 0 Å². The third-order valence-electron chi connectivity index (χ3n) is 3.27. The summed E-state index contributed by atoms with van der Waals surface area (Å²) in [5, 5.41) is 3.60.